The molecule has 0 atom stereocenters. The summed E-state index contributed by atoms with van der Waals surface area (Å²) in [6.07, 6.45) is 0. The molecule has 0 rings (SSSR count). The molecule has 0 aromatic rings. The Bertz CT molecular complexity index is 184. The molecule has 0 radical (unpaired) electrons. The molecule has 0 unspecified atom stereocenters. The molecule has 0 fully saturated rings. The van der Waals surface area contributed by atoms with E-state index in [1.165, 1.54) is 5.20 Å². The fourth-order valence-electron chi connectivity index (χ4n) is 2.42. The van der Waals surface area contributed by atoms with Crippen molar-refractivity contribution in [2.24, 2.45) is 0 Å². The monoisotopic (exact) mass is 228 g/mol. The molecular weight excluding hydrogens is 200 g/mol. The summed E-state index contributed by atoms with van der Waals surface area (Å²) in [4.78, 5) is 5.02. The van der Waals surface area contributed by atoms with Crippen molar-refractivity contribution in [1.82, 2.24) is 9.80 Å². The summed E-state index contributed by atoms with van der Waals surface area (Å²) >= 11 is 0. The van der Waals surface area contributed by atoms with Crippen molar-refractivity contribution in [1.29, 1.82) is 0 Å². The van der Waals surface area contributed by atoms with Gasteiger partial charge in [-0.3, -0.25) is 9.80 Å². The van der Waals surface area contributed by atoms with Crippen LogP contribution < -0.4 is 0 Å². The molecule has 0 aliphatic heterocycles. The van der Waals surface area contributed by atoms with Crippen molar-refractivity contribution >= 4 is 10.2 Å². The van der Waals surface area contributed by atoms with Gasteiger partial charge in [-0.2, -0.15) is 0 Å². The molecule has 0 aliphatic carbocycles. The number of likely N-dealkylation sites (N-methyl/N-ethyl adjacent to an activating group) is 2. The normalized spacial score (nSPS) is 12.7. The van der Waals surface area contributed by atoms with Crippen molar-refractivity contribution in [2.45, 2.75) is 40.3 Å². The molecule has 0 aromatic carbocycles. The highest BCUT2D eigenvalue weighted by Gasteiger charge is 2.35. The maximum Gasteiger partial charge on any atom is 0.0881 e. The van der Waals surface area contributed by atoms with Crippen LogP contribution >= 0.6 is 0 Å². The van der Waals surface area contributed by atoms with E-state index in [0.29, 0.717) is 0 Å². The van der Waals surface area contributed by atoms with Crippen LogP contribution in [0.2, 0.25) is 0 Å². The summed E-state index contributed by atoms with van der Waals surface area (Å²) in [5, 5.41) is 1.37. The van der Waals surface area contributed by atoms with E-state index in [1.807, 2.05) is 0 Å². The van der Waals surface area contributed by atoms with Gasteiger partial charge in [-0.05, 0) is 33.1 Å². The van der Waals surface area contributed by atoms with Crippen molar-refractivity contribution in [3.63, 3.8) is 0 Å². The highest BCUT2D eigenvalue weighted by molar-refractivity contribution is 6.22. The lowest BCUT2D eigenvalue weighted by Crippen LogP contribution is -2.59. The van der Waals surface area contributed by atoms with E-state index >= 15 is 0 Å². The molecule has 0 saturated carbocycles. The van der Waals surface area contributed by atoms with E-state index in [9.17, 15) is 0 Å². The zero-order valence-corrected chi connectivity index (χ0v) is 13.4. The summed E-state index contributed by atoms with van der Waals surface area (Å²) in [5.41, 5.74) is 0.0687. The predicted molar refractivity (Wildman–Crippen MR) is 73.3 cm³/mol. The zero-order valence-electron chi connectivity index (χ0n) is 11.4. The number of hydrogen-bond donors (Lipinski definition) is 0. The number of hydrogen-bond acceptors (Lipinski definition) is 2. The van der Waals surface area contributed by atoms with Crippen LogP contribution in [0, 0.1) is 0 Å². The third-order valence-corrected chi connectivity index (χ3v) is 4.51. The van der Waals surface area contributed by atoms with Crippen LogP contribution in [0.4, 0.5) is 0 Å². The van der Waals surface area contributed by atoms with Crippen molar-refractivity contribution in [3.8, 4) is 0 Å². The molecule has 0 aromatic heterocycles. The first-order chi connectivity index (χ1) is 6.98. The van der Waals surface area contributed by atoms with Crippen LogP contribution in [0.15, 0.2) is 11.8 Å². The third kappa shape index (κ3) is 2.92. The SMILES string of the molecule is C=C([SiH3])C(C)(N(CC)CC)N(CC)CC. The van der Waals surface area contributed by atoms with Gasteiger partial charge in [0, 0.05) is 10.2 Å². The van der Waals surface area contributed by atoms with E-state index < -0.39 is 0 Å². The molecule has 0 amide bonds. The molecule has 90 valence electrons. The van der Waals surface area contributed by atoms with Crippen LogP contribution in [0.1, 0.15) is 34.6 Å². The van der Waals surface area contributed by atoms with Crippen molar-refractivity contribution < 1.29 is 0 Å². The fourth-order valence-corrected chi connectivity index (χ4v) is 3.05. The first-order valence-corrected chi connectivity index (χ1v) is 7.14. The maximum atomic E-state index is 4.24. The first kappa shape index (κ1) is 14.9. The van der Waals surface area contributed by atoms with Crippen LogP contribution in [-0.4, -0.2) is 51.9 Å². The summed E-state index contributed by atoms with van der Waals surface area (Å²) in [6, 6.07) is 0. The molecule has 0 N–H and O–H groups in total. The van der Waals surface area contributed by atoms with Gasteiger partial charge in [-0.1, -0.05) is 32.9 Å². The van der Waals surface area contributed by atoms with Gasteiger partial charge in [0.15, 0.2) is 0 Å². The lowest BCUT2D eigenvalue weighted by molar-refractivity contribution is 0.000626. The topological polar surface area (TPSA) is 6.48 Å². The first-order valence-electron chi connectivity index (χ1n) is 6.14. The Morgan fingerprint density at radius 3 is 1.40 bits per heavy atom. The summed E-state index contributed by atoms with van der Waals surface area (Å²) < 4.78 is 0. The van der Waals surface area contributed by atoms with Gasteiger partial charge >= 0.3 is 0 Å². The largest absolute Gasteiger partial charge is 0.283 e. The molecule has 0 heterocycles. The molecule has 0 bridgehead atoms. The van der Waals surface area contributed by atoms with Crippen LogP contribution in [0.5, 0.6) is 0 Å². The van der Waals surface area contributed by atoms with Gasteiger partial charge in [-0.25, -0.2) is 0 Å². The second-order valence-electron chi connectivity index (χ2n) is 4.15. The van der Waals surface area contributed by atoms with Crippen molar-refractivity contribution in [2.75, 3.05) is 26.2 Å². The van der Waals surface area contributed by atoms with Gasteiger partial charge < -0.3 is 0 Å². The van der Waals surface area contributed by atoms with E-state index in [2.05, 4.69) is 51.0 Å². The van der Waals surface area contributed by atoms with E-state index in [1.54, 1.807) is 0 Å². The second kappa shape index (κ2) is 6.46. The molecular formula is C12H28N2Si. The van der Waals surface area contributed by atoms with Gasteiger partial charge in [0.2, 0.25) is 0 Å². The smallest absolute Gasteiger partial charge is 0.0881 e. The number of nitrogens with zero attached hydrogens (tertiary/aromatic N) is 2. The highest BCUT2D eigenvalue weighted by Crippen LogP contribution is 2.25. The van der Waals surface area contributed by atoms with Gasteiger partial charge in [0.25, 0.3) is 0 Å². The lowest BCUT2D eigenvalue weighted by Gasteiger charge is -2.48. The minimum absolute atomic E-state index is 0.0687. The van der Waals surface area contributed by atoms with Crippen LogP contribution in [0.25, 0.3) is 0 Å². The van der Waals surface area contributed by atoms with Gasteiger partial charge in [0.1, 0.15) is 0 Å². The standard InChI is InChI=1S/C12H28N2Si/c1-7-13(8-2)12(6,11(5)15)14(9-3)10-4/h5,7-10H2,1-4,6,15H3. The minimum Gasteiger partial charge on any atom is -0.283 e. The Morgan fingerprint density at radius 1 is 1.00 bits per heavy atom. The predicted octanol–water partition coefficient (Wildman–Crippen LogP) is 1.27. The highest BCUT2D eigenvalue weighted by atomic mass is 28.1. The molecule has 3 heteroatoms. The molecule has 0 spiro atoms. The van der Waals surface area contributed by atoms with E-state index in [4.69, 9.17) is 0 Å². The van der Waals surface area contributed by atoms with Crippen molar-refractivity contribution in [3.05, 3.63) is 11.8 Å². The Hall–Kier alpha value is -0.123. The van der Waals surface area contributed by atoms with Crippen LogP contribution in [-0.2, 0) is 0 Å². The second-order valence-corrected chi connectivity index (χ2v) is 5.35. The third-order valence-electron chi connectivity index (χ3n) is 3.57. The Balaban J connectivity index is 5.10. The summed E-state index contributed by atoms with van der Waals surface area (Å²) in [6.45, 7) is 19.8. The minimum atomic E-state index is 0.0687. The Labute approximate surface area is 98.8 Å². The lowest BCUT2D eigenvalue weighted by atomic mass is 10.1. The zero-order chi connectivity index (χ0) is 12.1. The van der Waals surface area contributed by atoms with E-state index in [-0.39, 0.29) is 5.66 Å². The van der Waals surface area contributed by atoms with Gasteiger partial charge in [0.05, 0.1) is 5.66 Å². The fraction of sp³-hybridized carbons (Fsp3) is 0.833. The van der Waals surface area contributed by atoms with Crippen LogP contribution in [0.3, 0.4) is 0 Å². The molecule has 2 nitrogen and oxygen atoms in total. The van der Waals surface area contributed by atoms with Gasteiger partial charge in [-0.15, -0.1) is 6.58 Å². The molecule has 0 aliphatic rings. The quantitative estimate of drug-likeness (QED) is 0.478. The van der Waals surface area contributed by atoms with E-state index in [0.717, 1.165) is 36.4 Å². The average molecular weight is 228 g/mol. The summed E-state index contributed by atoms with van der Waals surface area (Å²) in [5.74, 6) is 0. The molecule has 15 heavy (non-hydrogen) atoms. The average Bonchev–Trinajstić information content (AvgIpc) is 2.21. The maximum absolute atomic E-state index is 4.24. The summed E-state index contributed by atoms with van der Waals surface area (Å²) in [7, 11) is 1.06. The Morgan fingerprint density at radius 2 is 1.27 bits per heavy atom. The molecule has 0 saturated heterocycles. The Kier molecular flexibility index (Phi) is 6.40. The number of rotatable bonds is 7.